The van der Waals surface area contributed by atoms with Crippen molar-refractivity contribution in [2.45, 2.75) is 25.4 Å². The van der Waals surface area contributed by atoms with Crippen LogP contribution in [0.3, 0.4) is 0 Å². The van der Waals surface area contributed by atoms with E-state index in [1.165, 1.54) is 12.8 Å². The summed E-state index contributed by atoms with van der Waals surface area (Å²) in [6.45, 7) is 0.703. The second-order valence-corrected chi connectivity index (χ2v) is 4.73. The maximum Gasteiger partial charge on any atom is 0.228 e. The fourth-order valence-corrected chi connectivity index (χ4v) is 2.38. The minimum Gasteiger partial charge on any atom is -0.473 e. The van der Waals surface area contributed by atoms with Crippen LogP contribution >= 0.6 is 15.9 Å². The Balaban J connectivity index is 2.05. The fourth-order valence-electron chi connectivity index (χ4n) is 2.03. The number of halogens is 1. The Labute approximate surface area is 98.2 Å². The monoisotopic (exact) mass is 270 g/mol. The summed E-state index contributed by atoms with van der Waals surface area (Å²) in [7, 11) is 0. The molecule has 1 fully saturated rings. The quantitative estimate of drug-likeness (QED) is 0.918. The molecule has 0 saturated heterocycles. The summed E-state index contributed by atoms with van der Waals surface area (Å²) < 4.78 is 6.78. The van der Waals surface area contributed by atoms with E-state index in [1.54, 1.807) is 6.20 Å². The molecule has 1 aromatic heterocycles. The molecule has 1 aromatic rings. The molecule has 0 bridgehead atoms. The van der Waals surface area contributed by atoms with Crippen LogP contribution in [0.4, 0.5) is 0 Å². The van der Waals surface area contributed by atoms with Gasteiger partial charge in [0.2, 0.25) is 5.88 Å². The number of rotatable bonds is 3. The lowest BCUT2D eigenvalue weighted by atomic mass is 10.1. The molecule has 2 N–H and O–H groups in total. The molecule has 3 nitrogen and oxygen atoms in total. The van der Waals surface area contributed by atoms with Crippen molar-refractivity contribution in [1.82, 2.24) is 4.98 Å². The van der Waals surface area contributed by atoms with Crippen LogP contribution in [0.1, 0.15) is 19.3 Å². The molecule has 2 atom stereocenters. The molecule has 0 amide bonds. The highest BCUT2D eigenvalue weighted by molar-refractivity contribution is 9.10. The first kappa shape index (κ1) is 10.9. The van der Waals surface area contributed by atoms with Crippen molar-refractivity contribution in [2.75, 3.05) is 6.54 Å². The van der Waals surface area contributed by atoms with E-state index in [0.29, 0.717) is 18.3 Å². The van der Waals surface area contributed by atoms with Crippen molar-refractivity contribution in [3.63, 3.8) is 0 Å². The highest BCUT2D eigenvalue weighted by atomic mass is 79.9. The van der Waals surface area contributed by atoms with Crippen LogP contribution in [0.5, 0.6) is 5.88 Å². The molecule has 1 heterocycles. The van der Waals surface area contributed by atoms with Crippen molar-refractivity contribution in [3.05, 3.63) is 22.8 Å². The largest absolute Gasteiger partial charge is 0.473 e. The van der Waals surface area contributed by atoms with Gasteiger partial charge in [0.1, 0.15) is 6.10 Å². The number of ether oxygens (including phenoxy) is 1. The molecular weight excluding hydrogens is 256 g/mol. The number of nitrogens with zero attached hydrogens (tertiary/aromatic N) is 1. The standard InChI is InChI=1S/C11H15BrN2O/c12-9-4-2-6-14-11(9)15-10-5-1-3-8(10)7-13/h2,4,6,8,10H,1,3,5,7,13H2. The second kappa shape index (κ2) is 4.94. The fraction of sp³-hybridized carbons (Fsp3) is 0.545. The van der Waals surface area contributed by atoms with E-state index in [9.17, 15) is 0 Å². The highest BCUT2D eigenvalue weighted by Crippen LogP contribution is 2.30. The topological polar surface area (TPSA) is 48.1 Å². The first-order valence-electron chi connectivity index (χ1n) is 5.28. The van der Waals surface area contributed by atoms with Gasteiger partial charge in [-0.1, -0.05) is 0 Å². The van der Waals surface area contributed by atoms with Gasteiger partial charge in [0, 0.05) is 12.1 Å². The molecule has 82 valence electrons. The molecule has 0 radical (unpaired) electrons. The van der Waals surface area contributed by atoms with Crippen molar-refractivity contribution in [2.24, 2.45) is 11.7 Å². The zero-order chi connectivity index (χ0) is 10.7. The molecule has 2 unspecified atom stereocenters. The third-order valence-corrected chi connectivity index (χ3v) is 3.48. The average molecular weight is 271 g/mol. The zero-order valence-corrected chi connectivity index (χ0v) is 10.1. The average Bonchev–Trinajstić information content (AvgIpc) is 2.69. The lowest BCUT2D eigenvalue weighted by molar-refractivity contribution is 0.154. The lowest BCUT2D eigenvalue weighted by Crippen LogP contribution is -2.28. The van der Waals surface area contributed by atoms with E-state index < -0.39 is 0 Å². The molecule has 4 heteroatoms. The Morgan fingerprint density at radius 3 is 3.13 bits per heavy atom. The van der Waals surface area contributed by atoms with Gasteiger partial charge in [-0.2, -0.15) is 0 Å². The predicted molar refractivity (Wildman–Crippen MR) is 62.7 cm³/mol. The number of pyridine rings is 1. The maximum absolute atomic E-state index is 5.87. The lowest BCUT2D eigenvalue weighted by Gasteiger charge is -2.19. The summed E-state index contributed by atoms with van der Waals surface area (Å²) in [5.41, 5.74) is 5.70. The van der Waals surface area contributed by atoms with Gasteiger partial charge < -0.3 is 10.5 Å². The SMILES string of the molecule is NCC1CCCC1Oc1ncccc1Br. The number of hydrogen-bond donors (Lipinski definition) is 1. The highest BCUT2D eigenvalue weighted by Gasteiger charge is 2.28. The summed E-state index contributed by atoms with van der Waals surface area (Å²) in [5, 5.41) is 0. The Morgan fingerprint density at radius 1 is 1.53 bits per heavy atom. The summed E-state index contributed by atoms with van der Waals surface area (Å²) in [6.07, 6.45) is 5.45. The molecule has 1 aliphatic carbocycles. The van der Waals surface area contributed by atoms with E-state index in [1.807, 2.05) is 12.1 Å². The van der Waals surface area contributed by atoms with Crippen LogP contribution in [0.25, 0.3) is 0 Å². The van der Waals surface area contributed by atoms with E-state index in [2.05, 4.69) is 20.9 Å². The molecule has 2 rings (SSSR count). The minimum atomic E-state index is 0.237. The van der Waals surface area contributed by atoms with Crippen molar-refractivity contribution in [3.8, 4) is 5.88 Å². The second-order valence-electron chi connectivity index (χ2n) is 3.87. The molecule has 1 saturated carbocycles. The molecule has 0 aromatic carbocycles. The summed E-state index contributed by atoms with van der Waals surface area (Å²) >= 11 is 3.43. The Kier molecular flexibility index (Phi) is 3.59. The zero-order valence-electron chi connectivity index (χ0n) is 8.53. The van der Waals surface area contributed by atoms with Gasteiger partial charge >= 0.3 is 0 Å². The van der Waals surface area contributed by atoms with Gasteiger partial charge in [-0.05, 0) is 53.9 Å². The van der Waals surface area contributed by atoms with Crippen LogP contribution in [0, 0.1) is 5.92 Å². The van der Waals surface area contributed by atoms with Crippen LogP contribution in [0.15, 0.2) is 22.8 Å². The van der Waals surface area contributed by atoms with Crippen LogP contribution in [-0.4, -0.2) is 17.6 Å². The van der Waals surface area contributed by atoms with Gasteiger partial charge in [-0.25, -0.2) is 4.98 Å². The van der Waals surface area contributed by atoms with Crippen molar-refractivity contribution >= 4 is 15.9 Å². The van der Waals surface area contributed by atoms with Gasteiger partial charge in [-0.15, -0.1) is 0 Å². The molecular formula is C11H15BrN2O. The Hall–Kier alpha value is -0.610. The number of nitrogens with two attached hydrogens (primary N) is 1. The third-order valence-electron chi connectivity index (χ3n) is 2.88. The van der Waals surface area contributed by atoms with Crippen LogP contribution in [-0.2, 0) is 0 Å². The third kappa shape index (κ3) is 2.49. The maximum atomic E-state index is 5.87. The smallest absolute Gasteiger partial charge is 0.228 e. The molecule has 0 spiro atoms. The predicted octanol–water partition coefficient (Wildman–Crippen LogP) is 2.35. The van der Waals surface area contributed by atoms with Gasteiger partial charge in [0.25, 0.3) is 0 Å². The van der Waals surface area contributed by atoms with Crippen molar-refractivity contribution < 1.29 is 4.74 Å². The molecule has 15 heavy (non-hydrogen) atoms. The van der Waals surface area contributed by atoms with E-state index >= 15 is 0 Å². The van der Waals surface area contributed by atoms with Crippen LogP contribution in [0.2, 0.25) is 0 Å². The Morgan fingerprint density at radius 2 is 2.40 bits per heavy atom. The summed E-state index contributed by atoms with van der Waals surface area (Å²) in [5.74, 6) is 1.17. The summed E-state index contributed by atoms with van der Waals surface area (Å²) in [4.78, 5) is 4.20. The van der Waals surface area contributed by atoms with E-state index in [4.69, 9.17) is 10.5 Å². The van der Waals surface area contributed by atoms with Gasteiger partial charge in [0.15, 0.2) is 0 Å². The number of hydrogen-bond acceptors (Lipinski definition) is 3. The summed E-state index contributed by atoms with van der Waals surface area (Å²) in [6, 6.07) is 3.82. The molecule has 0 aliphatic heterocycles. The Bertz CT molecular complexity index is 332. The first-order valence-corrected chi connectivity index (χ1v) is 6.08. The van der Waals surface area contributed by atoms with Gasteiger partial charge in [-0.3, -0.25) is 0 Å². The first-order chi connectivity index (χ1) is 7.31. The van der Waals surface area contributed by atoms with E-state index in [0.717, 1.165) is 10.9 Å². The normalized spacial score (nSPS) is 25.5. The number of aromatic nitrogens is 1. The van der Waals surface area contributed by atoms with Crippen LogP contribution < -0.4 is 10.5 Å². The van der Waals surface area contributed by atoms with Crippen molar-refractivity contribution in [1.29, 1.82) is 0 Å². The van der Waals surface area contributed by atoms with E-state index in [-0.39, 0.29) is 6.10 Å². The van der Waals surface area contributed by atoms with Gasteiger partial charge in [0.05, 0.1) is 4.47 Å². The minimum absolute atomic E-state index is 0.237. The molecule has 1 aliphatic rings.